The van der Waals surface area contributed by atoms with E-state index in [1.165, 1.54) is 11.8 Å². The van der Waals surface area contributed by atoms with Gasteiger partial charge >= 0.3 is 23.9 Å². The van der Waals surface area contributed by atoms with E-state index in [0.717, 1.165) is 6.92 Å². The second kappa shape index (κ2) is 59.0. The predicted octanol–water partition coefficient (Wildman–Crippen LogP) is -9.19. The van der Waals surface area contributed by atoms with Crippen molar-refractivity contribution >= 4 is 136 Å². The van der Waals surface area contributed by atoms with E-state index in [4.69, 9.17) is 50.3 Å². The van der Waals surface area contributed by atoms with Gasteiger partial charge in [-0.05, 0) is 134 Å². The number of hydrogen-bond acceptors (Lipinski definition) is 25. The lowest BCUT2D eigenvalue weighted by Crippen LogP contribution is -2.61. The van der Waals surface area contributed by atoms with Crippen LogP contribution in [0.5, 0.6) is 0 Å². The molecule has 1 aliphatic heterocycles. The fraction of sp³-hybridized carbons (Fsp3) is 0.697. The number of carbonyl (C=O) groups is 19. The van der Waals surface area contributed by atoms with E-state index in [9.17, 15) is 122 Å². The van der Waals surface area contributed by atoms with Crippen molar-refractivity contribution < 1.29 is 122 Å². The molecule has 5 unspecified atom stereocenters. The number of nitrogens with zero attached hydrogens (tertiary/aromatic N) is 1. The average Bonchev–Trinajstić information content (AvgIpc) is 1.69. The molecule has 15 atom stereocenters. The highest BCUT2D eigenvalue weighted by Gasteiger charge is 2.41. The van der Waals surface area contributed by atoms with Crippen LogP contribution in [0.3, 0.4) is 0 Å². The number of carboxylic acid groups (broad SMARTS) is 4. The molecule has 52 nitrogen and oxygen atoms in total. The second-order valence-corrected chi connectivity index (χ2v) is 32.0. The molecule has 0 radical (unpaired) electrons. The minimum Gasteiger partial charge on any atom is -0.481 e. The topological polar surface area (TPSA) is 879 Å². The van der Waals surface area contributed by atoms with Gasteiger partial charge in [-0.3, -0.25) is 113 Å². The number of hydrogen-bond donors (Lipinski definition) is 32. The molecule has 0 bridgehead atoms. The van der Waals surface area contributed by atoms with Gasteiger partial charge in [-0.2, -0.15) is 0 Å². The van der Waals surface area contributed by atoms with Crippen LogP contribution in [0.1, 0.15) is 190 Å². The summed E-state index contributed by atoms with van der Waals surface area (Å²) in [6, 6.07) is -23.5. The van der Waals surface area contributed by atoms with Crippen molar-refractivity contribution in [2.24, 2.45) is 46.4 Å². The van der Waals surface area contributed by atoms with Crippen molar-refractivity contribution in [1.29, 1.82) is 21.6 Å². The molecule has 52 heteroatoms. The Balaban J connectivity index is 3.97. The highest BCUT2D eigenvalue weighted by molar-refractivity contribution is 6.01. The number of nitrogens with one attached hydrogen (secondary N) is 21. The van der Waals surface area contributed by atoms with Gasteiger partial charge in [0.15, 0.2) is 23.8 Å². The normalized spacial score (nSPS) is 15.5. The summed E-state index contributed by atoms with van der Waals surface area (Å²) in [5, 5.41) is 132. The van der Waals surface area contributed by atoms with Gasteiger partial charge < -0.3 is 155 Å². The molecule has 1 saturated heterocycles. The van der Waals surface area contributed by atoms with Crippen LogP contribution in [0.15, 0.2) is 0 Å². The van der Waals surface area contributed by atoms with Crippen molar-refractivity contribution in [3.63, 3.8) is 0 Å². The van der Waals surface area contributed by atoms with Crippen LogP contribution in [0, 0.1) is 39.4 Å². The lowest BCUT2D eigenvalue weighted by molar-refractivity contribution is -0.140. The van der Waals surface area contributed by atoms with Gasteiger partial charge in [0.05, 0.1) is 12.7 Å². The molecule has 37 N–H and O–H groups in total. The van der Waals surface area contributed by atoms with E-state index in [0.29, 0.717) is 6.42 Å². The minimum absolute atomic E-state index is 0.0141. The molecule has 1 rings (SSSR count). The Kier molecular flexibility index (Phi) is 52.1. The molecule has 0 aliphatic carbocycles. The van der Waals surface area contributed by atoms with E-state index in [-0.39, 0.29) is 110 Å². The Hall–Kier alpha value is -13.1. The summed E-state index contributed by atoms with van der Waals surface area (Å²) < 4.78 is 0. The largest absolute Gasteiger partial charge is 0.481 e. The number of amides is 15. The summed E-state index contributed by atoms with van der Waals surface area (Å²) in [6.45, 7) is 11.1. The maximum Gasteiger partial charge on any atom is 0.303 e. The van der Waals surface area contributed by atoms with Crippen molar-refractivity contribution in [2.45, 2.75) is 281 Å². The van der Waals surface area contributed by atoms with Gasteiger partial charge in [0.2, 0.25) is 88.6 Å². The van der Waals surface area contributed by atoms with Crippen molar-refractivity contribution in [2.75, 3.05) is 39.3 Å². The third-order valence-electron chi connectivity index (χ3n) is 19.5. The van der Waals surface area contributed by atoms with Crippen molar-refractivity contribution in [3.8, 4) is 0 Å². The van der Waals surface area contributed by atoms with E-state index in [2.05, 4.69) is 90.4 Å². The summed E-state index contributed by atoms with van der Waals surface area (Å²) >= 11 is 0. The fourth-order valence-corrected chi connectivity index (χ4v) is 13.0. The lowest BCUT2D eigenvalue weighted by atomic mass is 10.00. The molecule has 0 aromatic carbocycles. The van der Waals surface area contributed by atoms with E-state index in [1.54, 1.807) is 41.5 Å². The van der Waals surface area contributed by atoms with Gasteiger partial charge in [0.25, 0.3) is 0 Å². The van der Waals surface area contributed by atoms with Gasteiger partial charge in [0.1, 0.15) is 84.6 Å². The number of aliphatic hydroxyl groups is 2. The van der Waals surface area contributed by atoms with Gasteiger partial charge in [-0.15, -0.1) is 0 Å². The molecule has 1 fully saturated rings. The maximum absolute atomic E-state index is 14.9. The summed E-state index contributed by atoms with van der Waals surface area (Å²) in [5.41, 5.74) is 27.4. The number of carbonyl (C=O) groups excluding carboxylic acids is 15. The van der Waals surface area contributed by atoms with Crippen molar-refractivity contribution in [1.82, 2.24) is 95.3 Å². The summed E-state index contributed by atoms with van der Waals surface area (Å²) in [6.07, 6.45) is -9.03. The van der Waals surface area contributed by atoms with Crippen LogP contribution in [0.2, 0.25) is 0 Å². The zero-order valence-electron chi connectivity index (χ0n) is 73.3. The number of nitrogens with two attached hydrogens (primary N) is 5. The number of carboxylic acids is 4. The molecular weight excluding hydrogens is 1690 g/mol. The number of aliphatic carboxylic acids is 4. The van der Waals surface area contributed by atoms with Gasteiger partial charge in [0, 0.05) is 65.3 Å². The Labute approximate surface area is 738 Å². The van der Waals surface area contributed by atoms with Crippen molar-refractivity contribution in [3.05, 3.63) is 0 Å². The first-order valence-electron chi connectivity index (χ1n) is 41.9. The third-order valence-corrected chi connectivity index (χ3v) is 19.5. The second-order valence-electron chi connectivity index (χ2n) is 32.0. The van der Waals surface area contributed by atoms with Gasteiger partial charge in [-0.25, -0.2) is 0 Å². The van der Waals surface area contributed by atoms with Crippen LogP contribution >= 0.6 is 0 Å². The molecule has 15 amide bonds. The Bertz CT molecular complexity index is 3850. The fourth-order valence-electron chi connectivity index (χ4n) is 13.0. The molecule has 0 spiro atoms. The standard InChI is InChI=1S/C76H133N27O25/c1-36(2)32-49(67(123)93-43(15-10-28-87-74(80)81)61(117)91-42(14-9-27-86-73(78)79)60(116)92-44(16-11-29-88-75(82)83)62(118)100-51(34-38(5)6)69(125)102-58(39(7)105)72(128)90-41(59(77)115)19-23-54(107)108)99-66(122)48(22-26-57(113)114)96-64(120)46(20-24-55(109)110)95-65(121)47(21-25-56(111)112)97-68(124)50(33-37(3)4)98-63(119)45(17-12-30-89-76(84)85)94-70(126)52(35-104)101-71(127)53-18-13-31-103(53)40(8)106/h36-39,41-53,58,104-105H,9-35H2,1-8H3,(H2,77,115)(H,90,128)(H,91,117)(H,92,116)(H,93,123)(H,94,126)(H,95,121)(H,96,120)(H,97,124)(H,98,119)(H,99,122)(H,100,118)(H,101,127)(H,102,125)(H,107,108)(H,109,110)(H,111,112)(H,113,114)(H4,78,79,86)(H4,80,81,87)(H4,82,83,88)(H4,84,85,89)/t39-,41+,42+,43?,44?,45?,46+,47?,48?,49+,50+,51+,52+,53+,58+/m1/s1. The van der Waals surface area contributed by atoms with Gasteiger partial charge in [-0.1, -0.05) is 41.5 Å². The number of aliphatic hydroxyl groups excluding tert-OH is 2. The number of guanidine groups is 4. The number of primary amides is 1. The molecule has 722 valence electrons. The molecule has 0 aromatic heterocycles. The highest BCUT2D eigenvalue weighted by Crippen LogP contribution is 2.19. The lowest BCUT2D eigenvalue weighted by Gasteiger charge is -2.29. The number of likely N-dealkylation sites (tertiary alicyclic amines) is 1. The SMILES string of the molecule is CC(=O)N1CCC[C@H]1C(=O)N[C@@H](CO)C(=O)NC(CCCNC(=N)N)C(=O)N[C@@H](CC(C)C)C(=O)NC(CCC(=O)O)C(=O)N[C@@H](CCC(=O)O)C(=O)NC(CCC(=O)O)C(=O)N[C@@H](CC(C)C)C(=O)NC(CCCNC(=N)N)C(=O)N[C@@H](CCCNC(=N)N)C(=O)NC(CCCNC(=N)N)C(=O)N[C@@H](CC(C)C)C(=O)N[C@H](C(=O)N[C@@H](CCC(=O)O)C(N)=O)[C@@H](C)O. The predicted molar refractivity (Wildman–Crippen MR) is 456 cm³/mol. The molecular formula is C76H133N27O25. The first kappa shape index (κ1) is 113. The first-order chi connectivity index (χ1) is 59.9. The summed E-state index contributed by atoms with van der Waals surface area (Å²) in [7, 11) is 0. The smallest absolute Gasteiger partial charge is 0.303 e. The maximum atomic E-state index is 14.9. The van der Waals surface area contributed by atoms with Crippen LogP contribution in [0.25, 0.3) is 0 Å². The molecule has 0 saturated carbocycles. The van der Waals surface area contributed by atoms with E-state index in [1.807, 2.05) is 0 Å². The highest BCUT2D eigenvalue weighted by atomic mass is 16.4. The molecule has 128 heavy (non-hydrogen) atoms. The molecule has 1 heterocycles. The zero-order chi connectivity index (χ0) is 97.4. The van der Waals surface area contributed by atoms with Crippen LogP contribution in [-0.4, -0.2) is 302 Å². The summed E-state index contributed by atoms with van der Waals surface area (Å²) in [4.78, 5) is 260. The van der Waals surface area contributed by atoms with Crippen LogP contribution in [-0.2, 0) is 91.1 Å². The Morgan fingerprint density at radius 3 is 0.805 bits per heavy atom. The van der Waals surface area contributed by atoms with Crippen LogP contribution < -0.4 is 119 Å². The Morgan fingerprint density at radius 2 is 0.570 bits per heavy atom. The third kappa shape index (κ3) is 46.2. The van der Waals surface area contributed by atoms with Crippen LogP contribution in [0.4, 0.5) is 0 Å². The monoisotopic (exact) mass is 1820 g/mol. The Morgan fingerprint density at radius 1 is 0.336 bits per heavy atom. The first-order valence-corrected chi connectivity index (χ1v) is 41.9. The van der Waals surface area contributed by atoms with E-state index < -0.39 is 303 Å². The number of rotatable bonds is 63. The summed E-state index contributed by atoms with van der Waals surface area (Å²) in [5.74, 6) is -25.4. The molecule has 0 aromatic rings. The minimum atomic E-state index is -2.03. The van der Waals surface area contributed by atoms with E-state index >= 15 is 0 Å². The average molecular weight is 1830 g/mol. The zero-order valence-corrected chi connectivity index (χ0v) is 73.3. The quantitative estimate of drug-likeness (QED) is 0.0153. The molecule has 1 aliphatic rings.